The number of rotatable bonds is 5. The summed E-state index contributed by atoms with van der Waals surface area (Å²) in [5.41, 5.74) is 12.3. The maximum atomic E-state index is 5.69. The molecule has 20 heavy (non-hydrogen) atoms. The van der Waals surface area contributed by atoms with Gasteiger partial charge in [0.1, 0.15) is 0 Å². The molecule has 106 valence electrons. The zero-order valence-electron chi connectivity index (χ0n) is 12.7. The van der Waals surface area contributed by atoms with Crippen LogP contribution in [0.2, 0.25) is 0 Å². The van der Waals surface area contributed by atoms with Gasteiger partial charge in [0, 0.05) is 19.6 Å². The number of hydrogen-bond acceptors (Lipinski definition) is 2. The molecule has 0 aliphatic heterocycles. The molecule has 2 nitrogen and oxygen atoms in total. The van der Waals surface area contributed by atoms with Gasteiger partial charge in [-0.25, -0.2) is 0 Å². The van der Waals surface area contributed by atoms with Gasteiger partial charge in [-0.3, -0.25) is 4.90 Å². The molecule has 0 atom stereocenters. The minimum atomic E-state index is 0.606. The molecule has 2 rings (SSSR count). The Morgan fingerprint density at radius 2 is 1.70 bits per heavy atom. The normalized spacial score (nSPS) is 11.1. The van der Waals surface area contributed by atoms with Gasteiger partial charge in [0.25, 0.3) is 0 Å². The Morgan fingerprint density at radius 3 is 2.40 bits per heavy atom. The van der Waals surface area contributed by atoms with E-state index in [2.05, 4.69) is 68.3 Å². The largest absolute Gasteiger partial charge is 0.326 e. The number of hydrogen-bond donors (Lipinski definition) is 1. The van der Waals surface area contributed by atoms with Crippen LogP contribution < -0.4 is 5.73 Å². The molecular weight excluding hydrogens is 244 g/mol. The van der Waals surface area contributed by atoms with Crippen LogP contribution in [0.15, 0.2) is 42.5 Å². The molecule has 0 aromatic heterocycles. The van der Waals surface area contributed by atoms with Gasteiger partial charge in [0.05, 0.1) is 0 Å². The zero-order chi connectivity index (χ0) is 14.5. The van der Waals surface area contributed by atoms with E-state index >= 15 is 0 Å². The van der Waals surface area contributed by atoms with Gasteiger partial charge in [-0.2, -0.15) is 0 Å². The Kier molecular flexibility index (Phi) is 4.94. The van der Waals surface area contributed by atoms with Crippen LogP contribution in [0.4, 0.5) is 0 Å². The van der Waals surface area contributed by atoms with Crippen molar-refractivity contribution in [2.45, 2.75) is 33.5 Å². The van der Waals surface area contributed by atoms with E-state index in [4.69, 9.17) is 5.73 Å². The van der Waals surface area contributed by atoms with Crippen molar-refractivity contribution in [2.75, 3.05) is 7.05 Å². The zero-order valence-corrected chi connectivity index (χ0v) is 12.7. The van der Waals surface area contributed by atoms with Gasteiger partial charge in [-0.1, -0.05) is 48.0 Å². The maximum Gasteiger partial charge on any atom is 0.0236 e. The molecule has 0 spiro atoms. The fraction of sp³-hybridized carbons (Fsp3) is 0.333. The highest BCUT2D eigenvalue weighted by Gasteiger charge is 2.05. The molecule has 0 heterocycles. The summed E-state index contributed by atoms with van der Waals surface area (Å²) in [6.45, 7) is 6.85. The van der Waals surface area contributed by atoms with Gasteiger partial charge in [0.2, 0.25) is 0 Å². The number of nitrogens with two attached hydrogens (primary N) is 1. The van der Waals surface area contributed by atoms with Gasteiger partial charge in [-0.15, -0.1) is 0 Å². The van der Waals surface area contributed by atoms with Crippen molar-refractivity contribution in [3.8, 4) is 0 Å². The quantitative estimate of drug-likeness (QED) is 0.900. The maximum absolute atomic E-state index is 5.69. The second kappa shape index (κ2) is 6.69. The summed E-state index contributed by atoms with van der Waals surface area (Å²) < 4.78 is 0. The molecule has 0 fully saturated rings. The van der Waals surface area contributed by atoms with Gasteiger partial charge < -0.3 is 5.73 Å². The second-order valence-corrected chi connectivity index (χ2v) is 5.63. The van der Waals surface area contributed by atoms with Crippen LogP contribution in [-0.4, -0.2) is 11.9 Å². The monoisotopic (exact) mass is 268 g/mol. The Hall–Kier alpha value is -1.64. The van der Waals surface area contributed by atoms with E-state index in [-0.39, 0.29) is 0 Å². The molecule has 0 aliphatic rings. The molecule has 0 saturated carbocycles. The van der Waals surface area contributed by atoms with Crippen LogP contribution in [-0.2, 0) is 19.6 Å². The lowest BCUT2D eigenvalue weighted by molar-refractivity contribution is 0.318. The SMILES string of the molecule is Cc1ccc(CN(C)Cc2cccc(CN)c2)c(C)c1. The fourth-order valence-electron chi connectivity index (χ4n) is 2.54. The van der Waals surface area contributed by atoms with Crippen molar-refractivity contribution in [1.82, 2.24) is 4.90 Å². The third-order valence-corrected chi connectivity index (χ3v) is 3.62. The van der Waals surface area contributed by atoms with Crippen molar-refractivity contribution >= 4 is 0 Å². The predicted octanol–water partition coefficient (Wildman–Crippen LogP) is 3.39. The lowest BCUT2D eigenvalue weighted by Gasteiger charge is -2.19. The van der Waals surface area contributed by atoms with Crippen molar-refractivity contribution in [1.29, 1.82) is 0 Å². The first-order chi connectivity index (χ1) is 9.58. The molecular formula is C18H24N2. The second-order valence-electron chi connectivity index (χ2n) is 5.63. The van der Waals surface area contributed by atoms with E-state index in [9.17, 15) is 0 Å². The van der Waals surface area contributed by atoms with Crippen LogP contribution in [0, 0.1) is 13.8 Å². The summed E-state index contributed by atoms with van der Waals surface area (Å²) in [6.07, 6.45) is 0. The Bertz CT molecular complexity index is 575. The van der Waals surface area contributed by atoms with Crippen molar-refractivity contribution in [2.24, 2.45) is 5.73 Å². The molecule has 2 aromatic rings. The molecule has 0 unspecified atom stereocenters. The predicted molar refractivity (Wildman–Crippen MR) is 85.4 cm³/mol. The van der Waals surface area contributed by atoms with E-state index in [0.717, 1.165) is 13.1 Å². The third-order valence-electron chi connectivity index (χ3n) is 3.62. The van der Waals surface area contributed by atoms with Crippen molar-refractivity contribution in [3.63, 3.8) is 0 Å². The van der Waals surface area contributed by atoms with Crippen LogP contribution >= 0.6 is 0 Å². The van der Waals surface area contributed by atoms with E-state index in [0.29, 0.717) is 6.54 Å². The first kappa shape index (κ1) is 14.8. The summed E-state index contributed by atoms with van der Waals surface area (Å²) in [4.78, 5) is 2.34. The number of benzene rings is 2. The lowest BCUT2D eigenvalue weighted by atomic mass is 10.0. The van der Waals surface area contributed by atoms with E-state index in [1.165, 1.54) is 27.8 Å². The first-order valence-corrected chi connectivity index (χ1v) is 7.11. The average Bonchev–Trinajstić information content (AvgIpc) is 2.42. The minimum Gasteiger partial charge on any atom is -0.326 e. The Balaban J connectivity index is 2.02. The van der Waals surface area contributed by atoms with E-state index in [1.54, 1.807) is 0 Å². The molecule has 0 aliphatic carbocycles. The number of aryl methyl sites for hydroxylation is 2. The highest BCUT2D eigenvalue weighted by Crippen LogP contribution is 2.14. The molecule has 0 amide bonds. The smallest absolute Gasteiger partial charge is 0.0236 e. The molecule has 2 heteroatoms. The fourth-order valence-corrected chi connectivity index (χ4v) is 2.54. The molecule has 0 radical (unpaired) electrons. The topological polar surface area (TPSA) is 29.3 Å². The summed E-state index contributed by atoms with van der Waals surface area (Å²) in [5.74, 6) is 0. The lowest BCUT2D eigenvalue weighted by Crippen LogP contribution is -2.18. The summed E-state index contributed by atoms with van der Waals surface area (Å²) >= 11 is 0. The highest BCUT2D eigenvalue weighted by molar-refractivity contribution is 5.30. The molecule has 2 aromatic carbocycles. The average molecular weight is 268 g/mol. The third kappa shape index (κ3) is 3.92. The number of nitrogens with zero attached hydrogens (tertiary/aromatic N) is 1. The Morgan fingerprint density at radius 1 is 0.950 bits per heavy atom. The molecule has 0 saturated heterocycles. The van der Waals surface area contributed by atoms with E-state index in [1.807, 2.05) is 0 Å². The molecule has 0 bridgehead atoms. The van der Waals surface area contributed by atoms with Gasteiger partial charge in [0.15, 0.2) is 0 Å². The molecule has 2 N–H and O–H groups in total. The van der Waals surface area contributed by atoms with Crippen molar-refractivity contribution < 1.29 is 0 Å². The van der Waals surface area contributed by atoms with Gasteiger partial charge >= 0.3 is 0 Å². The van der Waals surface area contributed by atoms with Crippen LogP contribution in [0.3, 0.4) is 0 Å². The summed E-state index contributed by atoms with van der Waals surface area (Å²) in [7, 11) is 2.16. The first-order valence-electron chi connectivity index (χ1n) is 7.11. The van der Waals surface area contributed by atoms with Crippen LogP contribution in [0.25, 0.3) is 0 Å². The Labute approximate surface area is 122 Å². The van der Waals surface area contributed by atoms with E-state index < -0.39 is 0 Å². The van der Waals surface area contributed by atoms with Gasteiger partial charge in [-0.05, 0) is 43.1 Å². The summed E-state index contributed by atoms with van der Waals surface area (Å²) in [6, 6.07) is 15.2. The summed E-state index contributed by atoms with van der Waals surface area (Å²) in [5, 5.41) is 0. The standard InChI is InChI=1S/C18H24N2/c1-14-7-8-18(15(2)9-14)13-20(3)12-17-6-4-5-16(10-17)11-19/h4-10H,11-13,19H2,1-3H3. The minimum absolute atomic E-state index is 0.606. The van der Waals surface area contributed by atoms with Crippen LogP contribution in [0.5, 0.6) is 0 Å². The highest BCUT2D eigenvalue weighted by atomic mass is 15.1. The van der Waals surface area contributed by atoms with Crippen LogP contribution in [0.1, 0.15) is 27.8 Å². The van der Waals surface area contributed by atoms with Crippen molar-refractivity contribution in [3.05, 3.63) is 70.3 Å².